The summed E-state index contributed by atoms with van der Waals surface area (Å²) < 4.78 is 0. The van der Waals surface area contributed by atoms with E-state index in [9.17, 15) is 15.2 Å². The van der Waals surface area contributed by atoms with Crippen LogP contribution in [0.25, 0.3) is 0 Å². The largest absolute Gasteiger partial charge is 0.507 e. The highest BCUT2D eigenvalue weighted by Crippen LogP contribution is 2.28. The van der Waals surface area contributed by atoms with Crippen molar-refractivity contribution in [2.75, 3.05) is 26.2 Å². The Labute approximate surface area is 99.0 Å². The van der Waals surface area contributed by atoms with Crippen molar-refractivity contribution in [3.05, 3.63) is 33.9 Å². The molecule has 92 valence electrons. The molecule has 17 heavy (non-hydrogen) atoms. The number of nitrogens with one attached hydrogen (secondary N) is 1. The molecular weight excluding hydrogens is 222 g/mol. The van der Waals surface area contributed by atoms with E-state index in [4.69, 9.17) is 0 Å². The summed E-state index contributed by atoms with van der Waals surface area (Å²) in [4.78, 5) is 12.5. The van der Waals surface area contributed by atoms with Gasteiger partial charge in [0.25, 0.3) is 5.69 Å². The molecule has 1 aliphatic heterocycles. The summed E-state index contributed by atoms with van der Waals surface area (Å²) in [5, 5.41) is 23.8. The second-order valence-electron chi connectivity index (χ2n) is 4.06. The van der Waals surface area contributed by atoms with Crippen LogP contribution in [0.3, 0.4) is 0 Å². The molecule has 1 aromatic rings. The zero-order valence-corrected chi connectivity index (χ0v) is 9.43. The number of phenols is 1. The van der Waals surface area contributed by atoms with Crippen LogP contribution in [0, 0.1) is 10.1 Å². The standard InChI is InChI=1S/C11H15N3O3/c15-11-3-1-2-10(14(16)17)9(11)8-13-6-4-12-5-7-13/h1-3,12,15H,4-8H2. The number of nitro groups is 1. The molecule has 0 aromatic heterocycles. The van der Waals surface area contributed by atoms with Gasteiger partial charge in [-0.25, -0.2) is 0 Å². The molecule has 0 saturated carbocycles. The lowest BCUT2D eigenvalue weighted by Gasteiger charge is -2.27. The molecule has 1 fully saturated rings. The SMILES string of the molecule is O=[N+]([O-])c1cccc(O)c1CN1CCNCC1. The third-order valence-corrected chi connectivity index (χ3v) is 2.91. The Bertz CT molecular complexity index is 416. The first-order chi connectivity index (χ1) is 8.18. The molecule has 2 N–H and O–H groups in total. The molecule has 1 heterocycles. The number of benzene rings is 1. The summed E-state index contributed by atoms with van der Waals surface area (Å²) in [6.45, 7) is 3.85. The average molecular weight is 237 g/mol. The fourth-order valence-corrected chi connectivity index (χ4v) is 1.99. The van der Waals surface area contributed by atoms with Crippen LogP contribution in [-0.2, 0) is 6.54 Å². The highest BCUT2D eigenvalue weighted by molar-refractivity contribution is 5.48. The molecular formula is C11H15N3O3. The van der Waals surface area contributed by atoms with Crippen LogP contribution in [0.2, 0.25) is 0 Å². The van der Waals surface area contributed by atoms with E-state index in [1.165, 1.54) is 18.2 Å². The second-order valence-corrected chi connectivity index (χ2v) is 4.06. The molecule has 0 spiro atoms. The third-order valence-electron chi connectivity index (χ3n) is 2.91. The zero-order chi connectivity index (χ0) is 12.3. The minimum atomic E-state index is -0.447. The van der Waals surface area contributed by atoms with Gasteiger partial charge in [-0.1, -0.05) is 6.07 Å². The van der Waals surface area contributed by atoms with Gasteiger partial charge in [0.2, 0.25) is 0 Å². The van der Waals surface area contributed by atoms with Crippen LogP contribution in [0.5, 0.6) is 5.75 Å². The molecule has 2 rings (SSSR count). The second kappa shape index (κ2) is 5.11. The Morgan fingerprint density at radius 2 is 2.12 bits per heavy atom. The van der Waals surface area contributed by atoms with Gasteiger partial charge in [0.15, 0.2) is 0 Å². The molecule has 6 heteroatoms. The van der Waals surface area contributed by atoms with Gasteiger partial charge in [-0.05, 0) is 6.07 Å². The van der Waals surface area contributed by atoms with E-state index >= 15 is 0 Å². The van der Waals surface area contributed by atoms with Crippen molar-refractivity contribution in [2.24, 2.45) is 0 Å². The number of aromatic hydroxyl groups is 1. The monoisotopic (exact) mass is 237 g/mol. The normalized spacial score (nSPS) is 16.9. The topological polar surface area (TPSA) is 78.6 Å². The lowest BCUT2D eigenvalue weighted by molar-refractivity contribution is -0.385. The summed E-state index contributed by atoms with van der Waals surface area (Å²) >= 11 is 0. The van der Waals surface area contributed by atoms with Gasteiger partial charge in [-0.15, -0.1) is 0 Å². The molecule has 1 saturated heterocycles. The minimum absolute atomic E-state index is 0.00210. The van der Waals surface area contributed by atoms with Crippen LogP contribution in [0.4, 0.5) is 5.69 Å². The van der Waals surface area contributed by atoms with Crippen molar-refractivity contribution in [1.29, 1.82) is 0 Å². The van der Waals surface area contributed by atoms with E-state index in [-0.39, 0.29) is 11.4 Å². The number of rotatable bonds is 3. The fourth-order valence-electron chi connectivity index (χ4n) is 1.99. The quantitative estimate of drug-likeness (QED) is 0.597. The fraction of sp³-hybridized carbons (Fsp3) is 0.455. The molecule has 0 radical (unpaired) electrons. The maximum absolute atomic E-state index is 10.9. The molecule has 0 unspecified atom stereocenters. The molecule has 0 atom stereocenters. The molecule has 6 nitrogen and oxygen atoms in total. The summed E-state index contributed by atoms with van der Waals surface area (Å²) in [6.07, 6.45) is 0. The molecule has 0 amide bonds. The van der Waals surface area contributed by atoms with E-state index in [1.807, 2.05) is 0 Å². The summed E-state index contributed by atoms with van der Waals surface area (Å²) in [5.74, 6) is -0.00210. The van der Waals surface area contributed by atoms with Crippen LogP contribution < -0.4 is 5.32 Å². The first-order valence-corrected chi connectivity index (χ1v) is 5.57. The smallest absolute Gasteiger partial charge is 0.277 e. The average Bonchev–Trinajstić information content (AvgIpc) is 2.33. The first kappa shape index (κ1) is 11.8. The maximum atomic E-state index is 10.9. The van der Waals surface area contributed by atoms with Crippen LogP contribution in [0.1, 0.15) is 5.56 Å². The Balaban J connectivity index is 2.21. The van der Waals surface area contributed by atoms with Gasteiger partial charge in [0.05, 0.1) is 10.5 Å². The zero-order valence-electron chi connectivity index (χ0n) is 9.43. The van der Waals surface area contributed by atoms with E-state index in [2.05, 4.69) is 10.2 Å². The van der Waals surface area contributed by atoms with Crippen molar-refractivity contribution >= 4 is 5.69 Å². The summed E-state index contributed by atoms with van der Waals surface area (Å²) in [7, 11) is 0. The van der Waals surface area contributed by atoms with Crippen molar-refractivity contribution in [1.82, 2.24) is 10.2 Å². The lowest BCUT2D eigenvalue weighted by Crippen LogP contribution is -2.42. The van der Waals surface area contributed by atoms with Gasteiger partial charge in [-0.3, -0.25) is 15.0 Å². The number of nitrogens with zero attached hydrogens (tertiary/aromatic N) is 2. The van der Waals surface area contributed by atoms with Gasteiger partial charge in [-0.2, -0.15) is 0 Å². The van der Waals surface area contributed by atoms with E-state index in [0.717, 1.165) is 26.2 Å². The van der Waals surface area contributed by atoms with E-state index in [1.54, 1.807) is 0 Å². The van der Waals surface area contributed by atoms with Crippen molar-refractivity contribution in [3.63, 3.8) is 0 Å². The van der Waals surface area contributed by atoms with Crippen molar-refractivity contribution in [2.45, 2.75) is 6.54 Å². The maximum Gasteiger partial charge on any atom is 0.277 e. The summed E-state index contributed by atoms with van der Waals surface area (Å²) in [6, 6.07) is 4.41. The number of nitro benzene ring substituents is 1. The first-order valence-electron chi connectivity index (χ1n) is 5.57. The predicted octanol–water partition coefficient (Wildman–Crippen LogP) is 0.706. The Morgan fingerprint density at radius 3 is 2.76 bits per heavy atom. The van der Waals surface area contributed by atoms with Gasteiger partial charge in [0, 0.05) is 38.8 Å². The molecule has 0 bridgehead atoms. The van der Waals surface area contributed by atoms with Crippen LogP contribution in [-0.4, -0.2) is 41.1 Å². The Morgan fingerprint density at radius 1 is 1.41 bits per heavy atom. The Kier molecular flexibility index (Phi) is 3.55. The predicted molar refractivity (Wildman–Crippen MR) is 62.9 cm³/mol. The summed E-state index contributed by atoms with van der Waals surface area (Å²) in [5.41, 5.74) is 0.392. The molecule has 0 aliphatic carbocycles. The highest BCUT2D eigenvalue weighted by atomic mass is 16.6. The minimum Gasteiger partial charge on any atom is -0.507 e. The molecule has 1 aliphatic rings. The number of piperazine rings is 1. The van der Waals surface area contributed by atoms with Gasteiger partial charge < -0.3 is 10.4 Å². The van der Waals surface area contributed by atoms with E-state index < -0.39 is 4.92 Å². The van der Waals surface area contributed by atoms with Crippen LogP contribution in [0.15, 0.2) is 18.2 Å². The van der Waals surface area contributed by atoms with E-state index in [0.29, 0.717) is 12.1 Å². The third kappa shape index (κ3) is 2.72. The Hall–Kier alpha value is -1.66. The highest BCUT2D eigenvalue weighted by Gasteiger charge is 2.20. The van der Waals surface area contributed by atoms with Crippen LogP contribution >= 0.6 is 0 Å². The molecule has 1 aromatic carbocycles. The van der Waals surface area contributed by atoms with Gasteiger partial charge in [0.1, 0.15) is 5.75 Å². The number of phenolic OH excluding ortho intramolecular Hbond substituents is 1. The lowest BCUT2D eigenvalue weighted by atomic mass is 10.1. The number of hydrogen-bond donors (Lipinski definition) is 2. The number of hydrogen-bond acceptors (Lipinski definition) is 5. The van der Waals surface area contributed by atoms with Crippen molar-refractivity contribution in [3.8, 4) is 5.75 Å². The van der Waals surface area contributed by atoms with Crippen molar-refractivity contribution < 1.29 is 10.0 Å². The van der Waals surface area contributed by atoms with Gasteiger partial charge >= 0.3 is 0 Å².